The van der Waals surface area contributed by atoms with Crippen LogP contribution in [-0.4, -0.2) is 32.1 Å². The van der Waals surface area contributed by atoms with Gasteiger partial charge in [-0.2, -0.15) is 0 Å². The van der Waals surface area contributed by atoms with Crippen molar-refractivity contribution in [2.24, 2.45) is 0 Å². The molecule has 0 aliphatic heterocycles. The van der Waals surface area contributed by atoms with E-state index in [0.29, 0.717) is 32.5 Å². The highest BCUT2D eigenvalue weighted by Crippen LogP contribution is 2.34. The van der Waals surface area contributed by atoms with Gasteiger partial charge in [-0.15, -0.1) is 0 Å². The van der Waals surface area contributed by atoms with Crippen LogP contribution in [0.5, 0.6) is 0 Å². The predicted octanol–water partition coefficient (Wildman–Crippen LogP) is 6.47. The summed E-state index contributed by atoms with van der Waals surface area (Å²) in [7, 11) is 0. The van der Waals surface area contributed by atoms with Crippen LogP contribution in [0.25, 0.3) is 45.7 Å². The Labute approximate surface area is 204 Å². The average molecular weight is 491 g/mol. The third-order valence-corrected chi connectivity index (χ3v) is 5.63. The number of rotatable bonds is 6. The van der Waals surface area contributed by atoms with Gasteiger partial charge in [-0.1, -0.05) is 71.7 Å². The number of carboxylic acid groups (broad SMARTS) is 2. The topological polar surface area (TPSA) is 100 Å². The molecule has 0 spiro atoms. The van der Waals surface area contributed by atoms with Crippen LogP contribution in [-0.2, 0) is 9.59 Å². The highest BCUT2D eigenvalue weighted by atomic mass is 35.5. The molecule has 8 heteroatoms. The van der Waals surface area contributed by atoms with Crippen LogP contribution in [0.1, 0.15) is 11.1 Å². The Balaban J connectivity index is 1.84. The average Bonchev–Trinajstić information content (AvgIpc) is 2.82. The smallest absolute Gasteiger partial charge is 0.328 e. The van der Waals surface area contributed by atoms with Crippen LogP contribution in [0, 0.1) is 0 Å². The molecule has 0 aliphatic rings. The van der Waals surface area contributed by atoms with Gasteiger partial charge < -0.3 is 10.2 Å². The molecule has 168 valence electrons. The summed E-state index contributed by atoms with van der Waals surface area (Å²) in [4.78, 5) is 31.2. The van der Waals surface area contributed by atoms with Crippen LogP contribution in [0.3, 0.4) is 0 Å². The minimum atomic E-state index is -1.02. The van der Waals surface area contributed by atoms with E-state index in [1.165, 1.54) is 12.2 Å². The van der Waals surface area contributed by atoms with Crippen molar-refractivity contribution in [2.45, 2.75) is 0 Å². The van der Waals surface area contributed by atoms with E-state index >= 15 is 0 Å². The van der Waals surface area contributed by atoms with Gasteiger partial charge in [0.25, 0.3) is 0 Å². The number of hydrogen-bond donors (Lipinski definition) is 2. The third-order valence-electron chi connectivity index (χ3n) is 4.91. The Morgan fingerprint density at radius 1 is 0.647 bits per heavy atom. The van der Waals surface area contributed by atoms with Gasteiger partial charge >= 0.3 is 11.9 Å². The number of nitrogens with zero attached hydrogens (tertiary/aromatic N) is 2. The van der Waals surface area contributed by atoms with Gasteiger partial charge in [-0.3, -0.25) is 0 Å². The maximum atomic E-state index is 10.8. The van der Waals surface area contributed by atoms with Gasteiger partial charge in [0, 0.05) is 23.3 Å². The summed E-state index contributed by atoms with van der Waals surface area (Å²) in [5.41, 5.74) is 5.36. The molecule has 0 amide bonds. The second-order valence-electron chi connectivity index (χ2n) is 7.26. The van der Waals surface area contributed by atoms with Crippen molar-refractivity contribution in [3.63, 3.8) is 0 Å². The number of aliphatic carboxylic acids is 2. The van der Waals surface area contributed by atoms with Crippen molar-refractivity contribution < 1.29 is 19.8 Å². The lowest BCUT2D eigenvalue weighted by Gasteiger charge is -2.12. The molecule has 2 N–H and O–H groups in total. The van der Waals surface area contributed by atoms with Crippen molar-refractivity contribution in [1.82, 2.24) is 9.97 Å². The largest absolute Gasteiger partial charge is 0.478 e. The standard InChI is InChI=1S/C26H16Cl2N2O4/c27-19-13-21-22(14-20(19)28)30-26(18-9-3-16(4-10-18)6-12-24(33)34)25(29-21)17-7-1-15(2-8-17)5-11-23(31)32/h1-14H,(H,31,32)(H,33,34). The van der Waals surface area contributed by atoms with Crippen LogP contribution in [0.2, 0.25) is 10.0 Å². The van der Waals surface area contributed by atoms with Gasteiger partial charge in [0.05, 0.1) is 32.5 Å². The van der Waals surface area contributed by atoms with E-state index in [0.717, 1.165) is 34.4 Å². The van der Waals surface area contributed by atoms with E-state index in [-0.39, 0.29) is 0 Å². The summed E-state index contributed by atoms with van der Waals surface area (Å²) >= 11 is 12.4. The van der Waals surface area contributed by atoms with Crippen molar-refractivity contribution in [1.29, 1.82) is 0 Å². The third kappa shape index (κ3) is 5.31. The number of aromatic nitrogens is 2. The molecule has 1 aromatic heterocycles. The van der Waals surface area contributed by atoms with Gasteiger partial charge in [0.15, 0.2) is 0 Å². The summed E-state index contributed by atoms with van der Waals surface area (Å²) in [5, 5.41) is 18.4. The summed E-state index contributed by atoms with van der Waals surface area (Å²) in [6, 6.07) is 17.8. The van der Waals surface area contributed by atoms with Crippen LogP contribution < -0.4 is 0 Å². The van der Waals surface area contributed by atoms with E-state index < -0.39 is 11.9 Å². The molecule has 0 fully saturated rings. The first-order valence-corrected chi connectivity index (χ1v) is 10.8. The first-order valence-electron chi connectivity index (χ1n) is 10.00. The minimum Gasteiger partial charge on any atom is -0.478 e. The first-order chi connectivity index (χ1) is 16.3. The van der Waals surface area contributed by atoms with Gasteiger partial charge in [0.1, 0.15) is 0 Å². The van der Waals surface area contributed by atoms with Crippen molar-refractivity contribution in [3.8, 4) is 22.5 Å². The summed E-state index contributed by atoms with van der Waals surface area (Å²) in [6.45, 7) is 0. The Hall–Kier alpha value is -4.00. The number of benzene rings is 3. The summed E-state index contributed by atoms with van der Waals surface area (Å²) in [6.07, 6.45) is 5.15. The number of carbonyl (C=O) groups is 2. The summed E-state index contributed by atoms with van der Waals surface area (Å²) < 4.78 is 0. The highest BCUT2D eigenvalue weighted by molar-refractivity contribution is 6.42. The molecule has 0 bridgehead atoms. The van der Waals surface area contributed by atoms with Crippen molar-refractivity contribution >= 4 is 58.3 Å². The second kappa shape index (κ2) is 9.87. The lowest BCUT2D eigenvalue weighted by atomic mass is 10.0. The second-order valence-corrected chi connectivity index (χ2v) is 8.08. The fraction of sp³-hybridized carbons (Fsp3) is 0. The molecule has 0 saturated carbocycles. The van der Waals surface area contributed by atoms with E-state index in [2.05, 4.69) is 0 Å². The quantitative estimate of drug-likeness (QED) is 0.300. The predicted molar refractivity (Wildman–Crippen MR) is 134 cm³/mol. The normalized spacial score (nSPS) is 11.5. The highest BCUT2D eigenvalue weighted by Gasteiger charge is 2.15. The Morgan fingerprint density at radius 2 is 1.00 bits per heavy atom. The molecule has 0 radical (unpaired) electrons. The number of hydrogen-bond acceptors (Lipinski definition) is 4. The zero-order chi connectivity index (χ0) is 24.2. The minimum absolute atomic E-state index is 0.367. The number of fused-ring (bicyclic) bond motifs is 1. The van der Waals surface area contributed by atoms with Crippen molar-refractivity contribution in [3.05, 3.63) is 94.0 Å². The molecule has 6 nitrogen and oxygen atoms in total. The first kappa shape index (κ1) is 23.2. The van der Waals surface area contributed by atoms with Crippen LogP contribution >= 0.6 is 23.2 Å². The molecule has 0 unspecified atom stereocenters. The molecular weight excluding hydrogens is 475 g/mol. The maximum Gasteiger partial charge on any atom is 0.328 e. The van der Waals surface area contributed by atoms with E-state index in [4.69, 9.17) is 43.4 Å². The van der Waals surface area contributed by atoms with Crippen molar-refractivity contribution in [2.75, 3.05) is 0 Å². The molecule has 1 heterocycles. The fourth-order valence-corrected chi connectivity index (χ4v) is 3.61. The van der Waals surface area contributed by atoms with Gasteiger partial charge in [-0.25, -0.2) is 19.6 Å². The molecule has 0 saturated heterocycles. The van der Waals surface area contributed by atoms with Gasteiger partial charge in [0.2, 0.25) is 0 Å². The molecular formula is C26H16Cl2N2O4. The van der Waals surface area contributed by atoms with E-state index in [1.54, 1.807) is 36.4 Å². The number of carboxylic acids is 2. The van der Waals surface area contributed by atoms with E-state index in [1.807, 2.05) is 24.3 Å². The molecule has 4 aromatic rings. The Morgan fingerprint density at radius 3 is 1.32 bits per heavy atom. The van der Waals surface area contributed by atoms with Gasteiger partial charge in [-0.05, 0) is 35.4 Å². The maximum absolute atomic E-state index is 10.8. The Kier molecular flexibility index (Phi) is 6.72. The molecule has 0 aliphatic carbocycles. The van der Waals surface area contributed by atoms with Crippen LogP contribution in [0.15, 0.2) is 72.8 Å². The molecule has 0 atom stereocenters. The summed E-state index contributed by atoms with van der Waals surface area (Å²) in [5.74, 6) is -2.05. The number of halogens is 2. The SMILES string of the molecule is O=C(O)C=Cc1ccc(-c2nc3cc(Cl)c(Cl)cc3nc2-c2ccc(C=CC(=O)O)cc2)cc1. The zero-order valence-corrected chi connectivity index (χ0v) is 19.0. The fourth-order valence-electron chi connectivity index (χ4n) is 3.29. The Bertz CT molecular complexity index is 1350. The molecule has 3 aromatic carbocycles. The molecule has 34 heavy (non-hydrogen) atoms. The zero-order valence-electron chi connectivity index (χ0n) is 17.4. The lowest BCUT2D eigenvalue weighted by Crippen LogP contribution is -1.96. The van der Waals surface area contributed by atoms with Crippen LogP contribution in [0.4, 0.5) is 0 Å². The lowest BCUT2D eigenvalue weighted by molar-refractivity contribution is -0.132. The van der Waals surface area contributed by atoms with E-state index in [9.17, 15) is 9.59 Å². The molecule has 4 rings (SSSR count). The monoisotopic (exact) mass is 490 g/mol.